The number of nitrogens with two attached hydrogens (primary N) is 1. The van der Waals surface area contributed by atoms with Crippen LogP contribution in [-0.2, 0) is 9.53 Å². The molecule has 2 amide bonds. The van der Waals surface area contributed by atoms with E-state index in [1.165, 1.54) is 6.42 Å². The Labute approximate surface area is 118 Å². The number of ether oxygens (including phenoxy) is 1. The van der Waals surface area contributed by atoms with Gasteiger partial charge in [-0.1, -0.05) is 0 Å². The molecular weight excluding hydrogens is 256 g/mol. The van der Waals surface area contributed by atoms with E-state index in [2.05, 4.69) is 5.32 Å². The third kappa shape index (κ3) is 4.35. The van der Waals surface area contributed by atoms with Gasteiger partial charge in [0, 0.05) is 24.3 Å². The molecule has 5 heteroatoms. The van der Waals surface area contributed by atoms with Gasteiger partial charge >= 0.3 is 0 Å². The summed E-state index contributed by atoms with van der Waals surface area (Å²) < 4.78 is 5.59. The van der Waals surface area contributed by atoms with Crippen molar-refractivity contribution in [3.8, 4) is 0 Å². The highest BCUT2D eigenvalue weighted by atomic mass is 16.5. The van der Waals surface area contributed by atoms with E-state index in [-0.39, 0.29) is 12.0 Å². The first kappa shape index (κ1) is 14.5. The predicted octanol–water partition coefficient (Wildman–Crippen LogP) is 2.07. The Morgan fingerprint density at radius 3 is 2.60 bits per heavy atom. The zero-order valence-corrected chi connectivity index (χ0v) is 11.4. The van der Waals surface area contributed by atoms with Gasteiger partial charge in [-0.3, -0.25) is 9.59 Å². The largest absolute Gasteiger partial charge is 0.378 e. The third-order valence-corrected chi connectivity index (χ3v) is 3.42. The SMILES string of the molecule is NC(=O)c1ccc(NC(=O)CCC2CCCCO2)cc1. The number of carbonyl (C=O) groups excluding carboxylic acids is 2. The van der Waals surface area contributed by atoms with Crippen LogP contribution in [0.3, 0.4) is 0 Å². The van der Waals surface area contributed by atoms with Crippen molar-refractivity contribution in [3.05, 3.63) is 29.8 Å². The Balaban J connectivity index is 1.77. The summed E-state index contributed by atoms with van der Waals surface area (Å²) in [6.07, 6.45) is 4.76. The van der Waals surface area contributed by atoms with Crippen molar-refractivity contribution in [3.63, 3.8) is 0 Å². The van der Waals surface area contributed by atoms with Crippen molar-refractivity contribution < 1.29 is 14.3 Å². The van der Waals surface area contributed by atoms with E-state index in [1.54, 1.807) is 24.3 Å². The number of benzene rings is 1. The monoisotopic (exact) mass is 276 g/mol. The zero-order valence-electron chi connectivity index (χ0n) is 11.4. The van der Waals surface area contributed by atoms with Gasteiger partial charge in [0.1, 0.15) is 0 Å². The first-order chi connectivity index (χ1) is 9.65. The molecule has 0 aromatic heterocycles. The molecule has 1 fully saturated rings. The van der Waals surface area contributed by atoms with E-state index < -0.39 is 5.91 Å². The molecule has 0 radical (unpaired) electrons. The first-order valence-corrected chi connectivity index (χ1v) is 6.96. The summed E-state index contributed by atoms with van der Waals surface area (Å²) in [6, 6.07) is 6.55. The highest BCUT2D eigenvalue weighted by Crippen LogP contribution is 2.17. The number of hydrogen-bond acceptors (Lipinski definition) is 3. The molecule has 0 saturated carbocycles. The predicted molar refractivity (Wildman–Crippen MR) is 76.4 cm³/mol. The molecule has 5 nitrogen and oxygen atoms in total. The summed E-state index contributed by atoms with van der Waals surface area (Å²) in [5.74, 6) is -0.511. The maximum absolute atomic E-state index is 11.8. The fourth-order valence-corrected chi connectivity index (χ4v) is 2.27. The summed E-state index contributed by atoms with van der Waals surface area (Å²) in [7, 11) is 0. The number of anilines is 1. The van der Waals surface area contributed by atoms with Gasteiger partial charge in [-0.2, -0.15) is 0 Å². The van der Waals surface area contributed by atoms with Crippen LogP contribution in [0, 0.1) is 0 Å². The molecule has 1 aromatic carbocycles. The van der Waals surface area contributed by atoms with Crippen LogP contribution in [0.5, 0.6) is 0 Å². The molecule has 1 unspecified atom stereocenters. The molecule has 20 heavy (non-hydrogen) atoms. The number of primary amides is 1. The zero-order chi connectivity index (χ0) is 14.4. The lowest BCUT2D eigenvalue weighted by atomic mass is 10.0. The first-order valence-electron chi connectivity index (χ1n) is 6.96. The summed E-state index contributed by atoms with van der Waals surface area (Å²) in [6.45, 7) is 0.806. The van der Waals surface area contributed by atoms with E-state index in [1.807, 2.05) is 0 Å². The summed E-state index contributed by atoms with van der Waals surface area (Å²) in [5, 5.41) is 2.80. The van der Waals surface area contributed by atoms with Crippen LogP contribution in [0.4, 0.5) is 5.69 Å². The highest BCUT2D eigenvalue weighted by Gasteiger charge is 2.15. The summed E-state index contributed by atoms with van der Waals surface area (Å²) in [5.41, 5.74) is 6.26. The smallest absolute Gasteiger partial charge is 0.248 e. The Hall–Kier alpha value is -1.88. The molecule has 0 aliphatic carbocycles. The van der Waals surface area contributed by atoms with Gasteiger partial charge in [0.05, 0.1) is 6.10 Å². The minimum absolute atomic E-state index is 0.0361. The average molecular weight is 276 g/mol. The second-order valence-electron chi connectivity index (χ2n) is 5.02. The maximum Gasteiger partial charge on any atom is 0.248 e. The van der Waals surface area contributed by atoms with Gasteiger partial charge < -0.3 is 15.8 Å². The van der Waals surface area contributed by atoms with Crippen LogP contribution in [0.15, 0.2) is 24.3 Å². The average Bonchev–Trinajstić information content (AvgIpc) is 2.47. The quantitative estimate of drug-likeness (QED) is 0.863. The number of carbonyl (C=O) groups is 2. The molecule has 1 aliphatic heterocycles. The Morgan fingerprint density at radius 2 is 2.00 bits per heavy atom. The minimum Gasteiger partial charge on any atom is -0.378 e. The van der Waals surface area contributed by atoms with Crippen molar-refractivity contribution in [2.75, 3.05) is 11.9 Å². The third-order valence-electron chi connectivity index (χ3n) is 3.42. The van der Waals surface area contributed by atoms with Crippen molar-refractivity contribution in [2.24, 2.45) is 5.73 Å². The van der Waals surface area contributed by atoms with Crippen LogP contribution in [0.1, 0.15) is 42.5 Å². The normalized spacial score (nSPS) is 18.5. The van der Waals surface area contributed by atoms with Crippen molar-refractivity contribution in [1.29, 1.82) is 0 Å². The van der Waals surface area contributed by atoms with Crippen LogP contribution in [0.25, 0.3) is 0 Å². The van der Waals surface area contributed by atoms with Crippen LogP contribution in [0.2, 0.25) is 0 Å². The molecule has 3 N–H and O–H groups in total. The molecule has 2 rings (SSSR count). The lowest BCUT2D eigenvalue weighted by molar-refractivity contribution is -0.117. The molecule has 1 aliphatic rings. The molecular formula is C15H20N2O3. The minimum atomic E-state index is -0.475. The Bertz CT molecular complexity index is 465. The number of nitrogens with one attached hydrogen (secondary N) is 1. The number of amides is 2. The summed E-state index contributed by atoms with van der Waals surface area (Å²) >= 11 is 0. The van der Waals surface area contributed by atoms with Crippen molar-refractivity contribution in [1.82, 2.24) is 0 Å². The van der Waals surface area contributed by atoms with E-state index in [9.17, 15) is 9.59 Å². The maximum atomic E-state index is 11.8. The van der Waals surface area contributed by atoms with Gasteiger partial charge in [-0.15, -0.1) is 0 Å². The lowest BCUT2D eigenvalue weighted by Crippen LogP contribution is -2.21. The lowest BCUT2D eigenvalue weighted by Gasteiger charge is -2.22. The van der Waals surface area contributed by atoms with E-state index >= 15 is 0 Å². The van der Waals surface area contributed by atoms with Crippen molar-refractivity contribution in [2.45, 2.75) is 38.2 Å². The second kappa shape index (κ2) is 7.05. The molecule has 1 heterocycles. The molecule has 1 atom stereocenters. The van der Waals surface area contributed by atoms with E-state index in [0.717, 1.165) is 25.9 Å². The van der Waals surface area contributed by atoms with Gasteiger partial charge in [-0.05, 0) is 49.9 Å². The van der Waals surface area contributed by atoms with Crippen LogP contribution < -0.4 is 11.1 Å². The fraction of sp³-hybridized carbons (Fsp3) is 0.467. The Morgan fingerprint density at radius 1 is 1.25 bits per heavy atom. The molecule has 1 saturated heterocycles. The van der Waals surface area contributed by atoms with Crippen LogP contribution >= 0.6 is 0 Å². The molecule has 0 spiro atoms. The van der Waals surface area contributed by atoms with Gasteiger partial charge in [-0.25, -0.2) is 0 Å². The number of rotatable bonds is 5. The standard InChI is InChI=1S/C15H20N2O3/c16-15(19)11-4-6-12(7-5-11)17-14(18)9-8-13-3-1-2-10-20-13/h4-7,13H,1-3,8-10H2,(H2,16,19)(H,17,18). The van der Waals surface area contributed by atoms with E-state index in [4.69, 9.17) is 10.5 Å². The van der Waals surface area contributed by atoms with Gasteiger partial charge in [0.15, 0.2) is 0 Å². The molecule has 0 bridgehead atoms. The number of hydrogen-bond donors (Lipinski definition) is 2. The van der Waals surface area contributed by atoms with Gasteiger partial charge in [0.2, 0.25) is 11.8 Å². The molecule has 108 valence electrons. The van der Waals surface area contributed by atoms with Crippen LogP contribution in [-0.4, -0.2) is 24.5 Å². The van der Waals surface area contributed by atoms with Gasteiger partial charge in [0.25, 0.3) is 0 Å². The summed E-state index contributed by atoms with van der Waals surface area (Å²) in [4.78, 5) is 22.7. The topological polar surface area (TPSA) is 81.4 Å². The molecule has 1 aromatic rings. The second-order valence-corrected chi connectivity index (χ2v) is 5.02. The van der Waals surface area contributed by atoms with E-state index in [0.29, 0.717) is 17.7 Å². The Kier molecular flexibility index (Phi) is 5.12. The highest BCUT2D eigenvalue weighted by molar-refractivity contribution is 5.94. The fourth-order valence-electron chi connectivity index (χ4n) is 2.27. The van der Waals surface area contributed by atoms with Crippen molar-refractivity contribution >= 4 is 17.5 Å².